The number of ether oxygens (including phenoxy) is 2. The van der Waals surface area contributed by atoms with Crippen molar-refractivity contribution in [3.8, 4) is 0 Å². The maximum absolute atomic E-state index is 12.8. The number of carbonyl (C=O) groups excluding carboxylic acids is 1. The lowest BCUT2D eigenvalue weighted by atomic mass is 9.71. The zero-order valence-corrected chi connectivity index (χ0v) is 16.7. The molecule has 0 unspecified atom stereocenters. The number of nitrogens with zero attached hydrogens (tertiary/aromatic N) is 1. The minimum atomic E-state index is -0.455. The Bertz CT molecular complexity index is 643. The van der Waals surface area contributed by atoms with Crippen molar-refractivity contribution >= 4 is 11.6 Å². The molecule has 6 nitrogen and oxygen atoms in total. The number of aromatic nitrogens is 1. The third-order valence-electron chi connectivity index (χ3n) is 5.79. The van der Waals surface area contributed by atoms with E-state index in [0.717, 1.165) is 6.42 Å². The van der Waals surface area contributed by atoms with Gasteiger partial charge in [0.1, 0.15) is 0 Å². The second-order valence-electron chi connectivity index (χ2n) is 7.67. The highest BCUT2D eigenvalue weighted by atomic mass is 16.7. The van der Waals surface area contributed by atoms with E-state index in [0.29, 0.717) is 30.4 Å². The van der Waals surface area contributed by atoms with Crippen molar-refractivity contribution in [2.24, 2.45) is 17.8 Å². The quantitative estimate of drug-likeness (QED) is 0.706. The molecule has 2 heterocycles. The molecule has 28 heavy (non-hydrogen) atoms. The van der Waals surface area contributed by atoms with Crippen molar-refractivity contribution in [2.45, 2.75) is 58.2 Å². The standard InChI is InChI=1S/C22H32N2O4/c1-2-27-22-18(11-7-13-25)19(16-8-4-3-5-9-16)14-20(28-22)21(26)24-17-10-6-12-23-15-17/h6,10,12,14-16,18-19,22,25H,2-5,7-9,11,13H2,1H3,(H,24,26)/t18-,19-,22-/m0/s1. The molecule has 0 bridgehead atoms. The van der Waals surface area contributed by atoms with E-state index in [2.05, 4.69) is 10.3 Å². The number of carbonyl (C=O) groups is 1. The minimum Gasteiger partial charge on any atom is -0.459 e. The number of allylic oxidation sites excluding steroid dienone is 1. The van der Waals surface area contributed by atoms with E-state index in [9.17, 15) is 9.90 Å². The Kier molecular flexibility index (Phi) is 7.86. The SMILES string of the molecule is CCO[C@H]1OC(C(=O)Nc2cccnc2)=C[C@@H](C2CCCCC2)[C@@H]1CCCO. The number of nitrogens with one attached hydrogen (secondary N) is 1. The van der Waals surface area contributed by atoms with Gasteiger partial charge in [0.25, 0.3) is 5.91 Å². The topological polar surface area (TPSA) is 80.7 Å². The first kappa shape index (κ1) is 20.8. The van der Waals surface area contributed by atoms with E-state index >= 15 is 0 Å². The third kappa shape index (κ3) is 5.32. The first-order chi connectivity index (χ1) is 13.7. The molecule has 1 amide bonds. The van der Waals surface area contributed by atoms with Gasteiger partial charge in [-0.1, -0.05) is 19.3 Å². The molecule has 2 N–H and O–H groups in total. The molecule has 2 aliphatic rings. The van der Waals surface area contributed by atoms with Gasteiger partial charge in [-0.3, -0.25) is 9.78 Å². The highest BCUT2D eigenvalue weighted by molar-refractivity contribution is 6.02. The normalized spacial score (nSPS) is 25.6. The van der Waals surface area contributed by atoms with E-state index in [4.69, 9.17) is 9.47 Å². The number of anilines is 1. The number of hydrogen-bond donors (Lipinski definition) is 2. The summed E-state index contributed by atoms with van der Waals surface area (Å²) in [5.41, 5.74) is 0.640. The van der Waals surface area contributed by atoms with E-state index in [1.54, 1.807) is 24.5 Å². The summed E-state index contributed by atoms with van der Waals surface area (Å²) in [5.74, 6) is 0.986. The summed E-state index contributed by atoms with van der Waals surface area (Å²) in [6, 6.07) is 3.58. The zero-order valence-electron chi connectivity index (χ0n) is 16.7. The van der Waals surface area contributed by atoms with Crippen LogP contribution in [0.4, 0.5) is 5.69 Å². The molecule has 1 fully saturated rings. The first-order valence-electron chi connectivity index (χ1n) is 10.5. The van der Waals surface area contributed by atoms with Gasteiger partial charge in [0.15, 0.2) is 5.76 Å². The molecule has 0 spiro atoms. The van der Waals surface area contributed by atoms with E-state index < -0.39 is 6.29 Å². The summed E-state index contributed by atoms with van der Waals surface area (Å²) in [5, 5.41) is 12.2. The summed E-state index contributed by atoms with van der Waals surface area (Å²) >= 11 is 0. The van der Waals surface area contributed by atoms with Crippen LogP contribution in [0.2, 0.25) is 0 Å². The fraction of sp³-hybridized carbons (Fsp3) is 0.636. The molecular formula is C22H32N2O4. The van der Waals surface area contributed by atoms with Crippen molar-refractivity contribution in [1.82, 2.24) is 4.98 Å². The van der Waals surface area contributed by atoms with Gasteiger partial charge in [-0.05, 0) is 62.7 Å². The largest absolute Gasteiger partial charge is 0.459 e. The smallest absolute Gasteiger partial charge is 0.290 e. The monoisotopic (exact) mass is 388 g/mol. The lowest BCUT2D eigenvalue weighted by molar-refractivity contribution is -0.175. The Morgan fingerprint density at radius 3 is 2.86 bits per heavy atom. The van der Waals surface area contributed by atoms with Gasteiger partial charge < -0.3 is 19.9 Å². The Morgan fingerprint density at radius 1 is 1.36 bits per heavy atom. The molecule has 3 atom stereocenters. The number of hydrogen-bond acceptors (Lipinski definition) is 5. The summed E-state index contributed by atoms with van der Waals surface area (Å²) in [6.07, 6.45) is 12.5. The molecule has 0 saturated heterocycles. The van der Waals surface area contributed by atoms with Gasteiger partial charge in [0.2, 0.25) is 6.29 Å². The Labute approximate surface area is 167 Å². The second-order valence-corrected chi connectivity index (χ2v) is 7.67. The van der Waals surface area contributed by atoms with E-state index in [1.165, 1.54) is 32.1 Å². The van der Waals surface area contributed by atoms with Crippen LogP contribution in [0.25, 0.3) is 0 Å². The third-order valence-corrected chi connectivity index (χ3v) is 5.79. The molecule has 1 aliphatic heterocycles. The number of pyridine rings is 1. The van der Waals surface area contributed by atoms with Gasteiger partial charge in [-0.25, -0.2) is 0 Å². The van der Waals surface area contributed by atoms with Crippen LogP contribution in [0.1, 0.15) is 51.9 Å². The van der Waals surface area contributed by atoms with Gasteiger partial charge >= 0.3 is 0 Å². The van der Waals surface area contributed by atoms with E-state index in [-0.39, 0.29) is 24.3 Å². The number of aliphatic hydroxyl groups excluding tert-OH is 1. The van der Waals surface area contributed by atoms with Crippen LogP contribution in [-0.4, -0.2) is 35.5 Å². The molecule has 1 aromatic rings. The molecule has 3 rings (SSSR count). The fourth-order valence-electron chi connectivity index (χ4n) is 4.47. The van der Waals surface area contributed by atoms with Gasteiger partial charge in [0, 0.05) is 25.3 Å². The van der Waals surface area contributed by atoms with Crippen molar-refractivity contribution in [2.75, 3.05) is 18.5 Å². The Morgan fingerprint density at radius 2 is 2.18 bits per heavy atom. The average Bonchev–Trinajstić information content (AvgIpc) is 2.74. The maximum Gasteiger partial charge on any atom is 0.290 e. The highest BCUT2D eigenvalue weighted by Gasteiger charge is 2.40. The van der Waals surface area contributed by atoms with Crippen LogP contribution in [0, 0.1) is 17.8 Å². The van der Waals surface area contributed by atoms with Crippen molar-refractivity contribution in [3.63, 3.8) is 0 Å². The average molecular weight is 389 g/mol. The molecule has 0 radical (unpaired) electrons. The molecule has 0 aromatic carbocycles. The lowest BCUT2D eigenvalue weighted by Crippen LogP contribution is -2.41. The van der Waals surface area contributed by atoms with Crippen LogP contribution in [0.3, 0.4) is 0 Å². The summed E-state index contributed by atoms with van der Waals surface area (Å²) in [4.78, 5) is 16.9. The molecule has 6 heteroatoms. The van der Waals surface area contributed by atoms with E-state index in [1.807, 2.05) is 13.0 Å². The molecule has 154 valence electrons. The highest BCUT2D eigenvalue weighted by Crippen LogP contribution is 2.42. The molecule has 1 saturated carbocycles. The fourth-order valence-corrected chi connectivity index (χ4v) is 4.47. The summed E-state index contributed by atoms with van der Waals surface area (Å²) in [7, 11) is 0. The number of rotatable bonds is 8. The lowest BCUT2D eigenvalue weighted by Gasteiger charge is -2.41. The Hall–Kier alpha value is -1.92. The van der Waals surface area contributed by atoms with Crippen molar-refractivity contribution in [3.05, 3.63) is 36.4 Å². The van der Waals surface area contributed by atoms with Crippen molar-refractivity contribution in [1.29, 1.82) is 0 Å². The number of amides is 1. The predicted molar refractivity (Wildman–Crippen MR) is 107 cm³/mol. The van der Waals surface area contributed by atoms with Crippen LogP contribution in [0.15, 0.2) is 36.4 Å². The van der Waals surface area contributed by atoms with Crippen LogP contribution < -0.4 is 5.32 Å². The second kappa shape index (κ2) is 10.6. The van der Waals surface area contributed by atoms with Crippen LogP contribution >= 0.6 is 0 Å². The van der Waals surface area contributed by atoms with Gasteiger partial charge in [-0.15, -0.1) is 0 Å². The number of aliphatic hydroxyl groups is 1. The van der Waals surface area contributed by atoms with Crippen LogP contribution in [0.5, 0.6) is 0 Å². The van der Waals surface area contributed by atoms with Crippen LogP contribution in [-0.2, 0) is 14.3 Å². The van der Waals surface area contributed by atoms with Gasteiger partial charge in [0.05, 0.1) is 11.9 Å². The predicted octanol–water partition coefficient (Wildman–Crippen LogP) is 3.88. The minimum absolute atomic E-state index is 0.158. The zero-order chi connectivity index (χ0) is 19.8. The Balaban J connectivity index is 1.83. The summed E-state index contributed by atoms with van der Waals surface area (Å²) < 4.78 is 11.9. The molecular weight excluding hydrogens is 356 g/mol. The summed E-state index contributed by atoms with van der Waals surface area (Å²) in [6.45, 7) is 2.62. The van der Waals surface area contributed by atoms with Crippen molar-refractivity contribution < 1.29 is 19.4 Å². The van der Waals surface area contributed by atoms with Gasteiger partial charge in [-0.2, -0.15) is 0 Å². The molecule has 1 aliphatic carbocycles. The first-order valence-corrected chi connectivity index (χ1v) is 10.5. The molecule has 1 aromatic heterocycles. The maximum atomic E-state index is 12.8.